The lowest BCUT2D eigenvalue weighted by Crippen LogP contribution is -2.15. The molecule has 26 heavy (non-hydrogen) atoms. The average molecular weight is 371 g/mol. The maximum Gasteiger partial charge on any atom is 0.454 e. The molecule has 0 radical (unpaired) electrons. The zero-order valence-corrected chi connectivity index (χ0v) is 15.6. The van der Waals surface area contributed by atoms with E-state index < -0.39 is 7.12 Å². The Morgan fingerprint density at radius 2 is 2.15 bits per heavy atom. The van der Waals surface area contributed by atoms with Gasteiger partial charge in [-0.05, 0) is 47.8 Å². The van der Waals surface area contributed by atoms with E-state index >= 15 is 0 Å². The van der Waals surface area contributed by atoms with Crippen LogP contribution in [-0.4, -0.2) is 48.5 Å². The van der Waals surface area contributed by atoms with Crippen molar-refractivity contribution in [2.75, 3.05) is 25.2 Å². The summed E-state index contributed by atoms with van der Waals surface area (Å²) in [7, 11) is 0.993. The number of hydrogen-bond acceptors (Lipinski definition) is 6. The van der Waals surface area contributed by atoms with E-state index in [1.807, 2.05) is 42.4 Å². The molecule has 1 N–H and O–H groups in total. The lowest BCUT2D eigenvalue weighted by molar-refractivity contribution is 0.218. The van der Waals surface area contributed by atoms with E-state index in [0.717, 1.165) is 46.1 Å². The first kappa shape index (κ1) is 17.7. The van der Waals surface area contributed by atoms with Crippen LogP contribution in [0, 0.1) is 0 Å². The molecule has 2 aromatic rings. The van der Waals surface area contributed by atoms with Gasteiger partial charge in [-0.15, -0.1) is 0 Å². The van der Waals surface area contributed by atoms with Crippen molar-refractivity contribution >= 4 is 18.9 Å². The van der Waals surface area contributed by atoms with Gasteiger partial charge in [0.05, 0.1) is 7.11 Å². The Labute approximate surface area is 158 Å². The summed E-state index contributed by atoms with van der Waals surface area (Å²) in [5.41, 5.74) is 3.15. The van der Waals surface area contributed by atoms with Crippen molar-refractivity contribution < 1.29 is 19.2 Å². The van der Waals surface area contributed by atoms with E-state index in [-0.39, 0.29) is 12.0 Å². The highest BCUT2D eigenvalue weighted by atomic mass is 32.2. The number of nitrogens with zero attached hydrogens (tertiary/aromatic N) is 1. The smallest absolute Gasteiger partial charge is 0.454 e. The average Bonchev–Trinajstić information content (AvgIpc) is 3.33. The number of benzene rings is 1. The van der Waals surface area contributed by atoms with Crippen molar-refractivity contribution in [2.45, 2.75) is 24.8 Å². The van der Waals surface area contributed by atoms with E-state index in [1.54, 1.807) is 7.11 Å². The summed E-state index contributed by atoms with van der Waals surface area (Å²) in [6, 6.07) is 8.12. The minimum Gasteiger partial charge on any atom is -0.493 e. The number of thioether (sulfide) groups is 1. The molecule has 2 aliphatic rings. The second-order valence-electron chi connectivity index (χ2n) is 6.70. The molecule has 1 unspecified atom stereocenters. The maximum atomic E-state index is 9.60. The summed E-state index contributed by atoms with van der Waals surface area (Å²) in [4.78, 5) is 4.39. The number of hydrogen-bond donors (Lipinski definition) is 1. The lowest BCUT2D eigenvalue weighted by Gasteiger charge is -2.17. The van der Waals surface area contributed by atoms with Crippen molar-refractivity contribution in [3.63, 3.8) is 0 Å². The van der Waals surface area contributed by atoms with Crippen LogP contribution in [0.1, 0.15) is 17.9 Å². The first-order chi connectivity index (χ1) is 12.7. The van der Waals surface area contributed by atoms with Gasteiger partial charge in [-0.1, -0.05) is 6.07 Å². The summed E-state index contributed by atoms with van der Waals surface area (Å²) in [5.74, 6) is 3.88. The summed E-state index contributed by atoms with van der Waals surface area (Å²) in [6.45, 7) is 0.530. The Kier molecular flexibility index (Phi) is 5.38. The summed E-state index contributed by atoms with van der Waals surface area (Å²) in [6.07, 6.45) is 5.63. The van der Waals surface area contributed by atoms with Crippen molar-refractivity contribution in [1.82, 2.24) is 4.98 Å². The zero-order chi connectivity index (χ0) is 17.9. The van der Waals surface area contributed by atoms with Gasteiger partial charge < -0.3 is 19.2 Å². The maximum absolute atomic E-state index is 9.60. The van der Waals surface area contributed by atoms with Crippen LogP contribution >= 0.6 is 11.8 Å². The summed E-state index contributed by atoms with van der Waals surface area (Å²) < 4.78 is 16.9. The van der Waals surface area contributed by atoms with Gasteiger partial charge in [-0.3, -0.25) is 4.98 Å². The van der Waals surface area contributed by atoms with Crippen LogP contribution in [0.3, 0.4) is 0 Å². The molecule has 3 heterocycles. The van der Waals surface area contributed by atoms with Crippen LogP contribution in [0.15, 0.2) is 36.7 Å². The highest BCUT2D eigenvalue weighted by molar-refractivity contribution is 7.99. The monoisotopic (exact) mass is 371 g/mol. The van der Waals surface area contributed by atoms with E-state index in [1.165, 1.54) is 0 Å². The Balaban J connectivity index is 1.60. The van der Waals surface area contributed by atoms with Gasteiger partial charge in [-0.25, -0.2) is 0 Å². The van der Waals surface area contributed by atoms with Crippen molar-refractivity contribution in [2.24, 2.45) is 0 Å². The predicted molar refractivity (Wildman–Crippen MR) is 104 cm³/mol. The SMILES string of the molecule is COc1ccc(-c2cncc([C@H]3COB(O)C3)c2)cc1OC1CCSC1. The quantitative estimate of drug-likeness (QED) is 0.815. The van der Waals surface area contributed by atoms with Crippen molar-refractivity contribution in [1.29, 1.82) is 0 Å². The first-order valence-electron chi connectivity index (χ1n) is 8.90. The fourth-order valence-electron chi connectivity index (χ4n) is 3.41. The molecule has 2 atom stereocenters. The van der Waals surface area contributed by atoms with Gasteiger partial charge in [0.1, 0.15) is 6.10 Å². The molecule has 0 amide bonds. The minimum absolute atomic E-state index is 0.182. The molecule has 0 bridgehead atoms. The van der Waals surface area contributed by atoms with Crippen LogP contribution < -0.4 is 9.47 Å². The second-order valence-corrected chi connectivity index (χ2v) is 7.85. The van der Waals surface area contributed by atoms with Crippen LogP contribution in [0.4, 0.5) is 0 Å². The fourth-order valence-corrected chi connectivity index (χ4v) is 4.51. The van der Waals surface area contributed by atoms with Gasteiger partial charge in [0.15, 0.2) is 11.5 Å². The van der Waals surface area contributed by atoms with E-state index in [4.69, 9.17) is 14.1 Å². The lowest BCUT2D eigenvalue weighted by atomic mass is 9.80. The van der Waals surface area contributed by atoms with Crippen LogP contribution in [0.2, 0.25) is 6.32 Å². The summed E-state index contributed by atoms with van der Waals surface area (Å²) >= 11 is 1.92. The van der Waals surface area contributed by atoms with Gasteiger partial charge in [0, 0.05) is 36.2 Å². The molecule has 4 rings (SSSR count). The van der Waals surface area contributed by atoms with E-state index in [2.05, 4.69) is 11.1 Å². The Morgan fingerprint density at radius 1 is 1.23 bits per heavy atom. The fraction of sp³-hybridized carbons (Fsp3) is 0.421. The molecule has 2 saturated heterocycles. The molecular weight excluding hydrogens is 349 g/mol. The zero-order valence-electron chi connectivity index (χ0n) is 14.8. The largest absolute Gasteiger partial charge is 0.493 e. The molecule has 0 saturated carbocycles. The van der Waals surface area contributed by atoms with Gasteiger partial charge >= 0.3 is 7.12 Å². The molecule has 5 nitrogen and oxygen atoms in total. The first-order valence-corrected chi connectivity index (χ1v) is 10.1. The molecule has 0 spiro atoms. The topological polar surface area (TPSA) is 60.8 Å². The van der Waals surface area contributed by atoms with Crippen molar-refractivity contribution in [3.05, 3.63) is 42.2 Å². The van der Waals surface area contributed by atoms with Crippen LogP contribution in [0.25, 0.3) is 11.1 Å². The number of methoxy groups -OCH3 is 1. The predicted octanol–water partition coefficient (Wildman–Crippen LogP) is 3.24. The Bertz CT molecular complexity index is 769. The third kappa shape index (κ3) is 3.85. The van der Waals surface area contributed by atoms with E-state index in [0.29, 0.717) is 12.9 Å². The molecule has 7 heteroatoms. The molecule has 1 aromatic carbocycles. The van der Waals surface area contributed by atoms with Crippen LogP contribution in [-0.2, 0) is 4.65 Å². The minimum atomic E-state index is -0.672. The summed E-state index contributed by atoms with van der Waals surface area (Å²) in [5, 5.41) is 9.60. The van der Waals surface area contributed by atoms with E-state index in [9.17, 15) is 5.02 Å². The molecule has 2 aliphatic heterocycles. The normalized spacial score (nSPS) is 22.6. The van der Waals surface area contributed by atoms with Gasteiger partial charge in [0.25, 0.3) is 0 Å². The standard InChI is InChI=1S/C19H22BNO4S/c1-23-18-3-2-13(7-19(18)25-17-4-5-26-12-17)14-6-15(10-21-9-14)16-8-20(22)24-11-16/h2-3,6-7,9-10,16-17,22H,4-5,8,11-12H2,1H3/t16-,17?/m1/s1. The Hall–Kier alpha value is -1.70. The van der Waals surface area contributed by atoms with Crippen molar-refractivity contribution in [3.8, 4) is 22.6 Å². The molecule has 1 aromatic heterocycles. The number of aromatic nitrogens is 1. The number of rotatable bonds is 5. The molecule has 2 fully saturated rings. The third-order valence-electron chi connectivity index (χ3n) is 4.89. The Morgan fingerprint density at radius 3 is 2.88 bits per heavy atom. The molecule has 0 aliphatic carbocycles. The highest BCUT2D eigenvalue weighted by Crippen LogP contribution is 2.36. The van der Waals surface area contributed by atoms with Gasteiger partial charge in [0.2, 0.25) is 0 Å². The van der Waals surface area contributed by atoms with Gasteiger partial charge in [-0.2, -0.15) is 11.8 Å². The second kappa shape index (κ2) is 7.90. The number of ether oxygens (including phenoxy) is 2. The third-order valence-corrected chi connectivity index (χ3v) is 6.02. The number of pyridine rings is 1. The van der Waals surface area contributed by atoms with Crippen LogP contribution in [0.5, 0.6) is 11.5 Å². The molecule has 136 valence electrons. The molecular formula is C19H22BNO4S. The highest BCUT2D eigenvalue weighted by Gasteiger charge is 2.30.